The van der Waals surface area contributed by atoms with Crippen LogP contribution in [0.5, 0.6) is 0 Å². The van der Waals surface area contributed by atoms with E-state index in [-0.39, 0.29) is 12.3 Å². The number of halogens is 1. The van der Waals surface area contributed by atoms with Gasteiger partial charge in [0, 0.05) is 31.3 Å². The number of nitrogens with zero attached hydrogens (tertiary/aromatic N) is 2. The summed E-state index contributed by atoms with van der Waals surface area (Å²) in [4.78, 5) is 11.0. The first-order chi connectivity index (χ1) is 10.8. The zero-order chi connectivity index (χ0) is 17.8. The van der Waals surface area contributed by atoms with Crippen LogP contribution in [0.2, 0.25) is 0 Å². The van der Waals surface area contributed by atoms with Crippen LogP contribution in [-0.4, -0.2) is 56.7 Å². The summed E-state index contributed by atoms with van der Waals surface area (Å²) in [5.74, 6) is 0.969. The lowest BCUT2D eigenvalue weighted by atomic mass is 10.1. The summed E-state index contributed by atoms with van der Waals surface area (Å²) in [5.41, 5.74) is 3.52. The van der Waals surface area contributed by atoms with Crippen molar-refractivity contribution in [3.05, 3.63) is 23.2 Å². The normalized spacial score (nSPS) is 14.3. The molecule has 0 spiro atoms. The van der Waals surface area contributed by atoms with E-state index in [1.54, 1.807) is 19.9 Å². The van der Waals surface area contributed by atoms with Crippen LogP contribution in [0.3, 0.4) is 0 Å². The van der Waals surface area contributed by atoms with Gasteiger partial charge in [0.2, 0.25) is 0 Å². The fourth-order valence-electron chi connectivity index (χ4n) is 1.70. The standard InChI is InChI=1S/C16H30FN5O/c1-7-21-23-12(3)9-15(18)13(4)16(19-5)20-10-14(17)11-22(6)8-2/h9,14,18,20-21H,5,7-8,10-11H2,1-4,6H3/b12-9+,16-13+,18-15?/t14-/m0/s1. The van der Waals surface area contributed by atoms with Crippen LogP contribution in [-0.2, 0) is 4.84 Å². The topological polar surface area (TPSA) is 72.7 Å². The van der Waals surface area contributed by atoms with E-state index < -0.39 is 6.17 Å². The first-order valence-electron chi connectivity index (χ1n) is 7.76. The molecule has 0 saturated carbocycles. The average molecular weight is 327 g/mol. The van der Waals surface area contributed by atoms with E-state index in [0.717, 1.165) is 6.54 Å². The van der Waals surface area contributed by atoms with E-state index in [2.05, 4.69) is 22.5 Å². The fraction of sp³-hybridized carbons (Fsp3) is 0.625. The number of hydroxylamine groups is 1. The summed E-state index contributed by atoms with van der Waals surface area (Å²) in [6, 6.07) is 0. The molecule has 0 saturated heterocycles. The number of alkyl halides is 1. The molecule has 0 aromatic carbocycles. The Morgan fingerprint density at radius 3 is 2.61 bits per heavy atom. The third-order valence-electron chi connectivity index (χ3n) is 3.18. The quantitative estimate of drug-likeness (QED) is 0.292. The zero-order valence-corrected chi connectivity index (χ0v) is 14.9. The van der Waals surface area contributed by atoms with Crippen LogP contribution >= 0.6 is 0 Å². The lowest BCUT2D eigenvalue weighted by molar-refractivity contribution is 0.112. The van der Waals surface area contributed by atoms with E-state index in [0.29, 0.717) is 30.2 Å². The molecular formula is C16H30FN5O. The number of allylic oxidation sites excluding steroid dienone is 3. The van der Waals surface area contributed by atoms with Gasteiger partial charge in [0.25, 0.3) is 0 Å². The van der Waals surface area contributed by atoms with Crippen LogP contribution in [0.1, 0.15) is 27.7 Å². The maximum Gasteiger partial charge on any atom is 0.130 e. The Kier molecular flexibility index (Phi) is 10.9. The molecule has 3 N–H and O–H groups in total. The van der Waals surface area contributed by atoms with Gasteiger partial charge in [0.05, 0.1) is 5.71 Å². The second kappa shape index (κ2) is 11.8. The van der Waals surface area contributed by atoms with Gasteiger partial charge in [-0.3, -0.25) is 0 Å². The zero-order valence-electron chi connectivity index (χ0n) is 14.9. The van der Waals surface area contributed by atoms with Gasteiger partial charge in [0.1, 0.15) is 17.8 Å². The van der Waals surface area contributed by atoms with Crippen molar-refractivity contribution in [3.8, 4) is 0 Å². The molecular weight excluding hydrogens is 297 g/mol. The van der Waals surface area contributed by atoms with E-state index >= 15 is 0 Å². The first kappa shape index (κ1) is 21.3. The highest BCUT2D eigenvalue weighted by Crippen LogP contribution is 2.08. The van der Waals surface area contributed by atoms with Crippen molar-refractivity contribution >= 4 is 12.4 Å². The third-order valence-corrected chi connectivity index (χ3v) is 3.18. The minimum atomic E-state index is -1.02. The Labute approximate surface area is 139 Å². The molecule has 0 aromatic heterocycles. The molecule has 0 radical (unpaired) electrons. The first-order valence-corrected chi connectivity index (χ1v) is 7.76. The Morgan fingerprint density at radius 2 is 2.09 bits per heavy atom. The van der Waals surface area contributed by atoms with Crippen LogP contribution in [0.15, 0.2) is 28.2 Å². The largest absolute Gasteiger partial charge is 0.413 e. The van der Waals surface area contributed by atoms with E-state index in [9.17, 15) is 4.39 Å². The second-order valence-corrected chi connectivity index (χ2v) is 5.23. The van der Waals surface area contributed by atoms with Gasteiger partial charge in [-0.2, -0.15) is 5.48 Å². The molecule has 6 nitrogen and oxygen atoms in total. The van der Waals surface area contributed by atoms with Crippen molar-refractivity contribution in [2.45, 2.75) is 33.9 Å². The highest BCUT2D eigenvalue weighted by Gasteiger charge is 2.11. The fourth-order valence-corrected chi connectivity index (χ4v) is 1.70. The van der Waals surface area contributed by atoms with Crippen molar-refractivity contribution in [2.24, 2.45) is 4.99 Å². The Bertz CT molecular complexity index is 448. The van der Waals surface area contributed by atoms with E-state index in [1.165, 1.54) is 0 Å². The van der Waals surface area contributed by atoms with Crippen molar-refractivity contribution in [3.63, 3.8) is 0 Å². The average Bonchev–Trinajstić information content (AvgIpc) is 2.52. The molecule has 132 valence electrons. The summed E-state index contributed by atoms with van der Waals surface area (Å²) in [5, 5.41) is 11.0. The van der Waals surface area contributed by atoms with Crippen molar-refractivity contribution in [2.75, 3.05) is 33.2 Å². The molecule has 23 heavy (non-hydrogen) atoms. The molecule has 0 amide bonds. The SMILES string of the molecule is C=N/C(NC[C@H](F)CN(C)CC)=C(/C)C(=N)/C=C(\C)ONCC. The van der Waals surface area contributed by atoms with Crippen LogP contribution < -0.4 is 10.8 Å². The van der Waals surface area contributed by atoms with Gasteiger partial charge < -0.3 is 20.5 Å². The van der Waals surface area contributed by atoms with Gasteiger partial charge in [-0.25, -0.2) is 9.38 Å². The Balaban J connectivity index is 4.73. The minimum Gasteiger partial charge on any atom is -0.413 e. The monoisotopic (exact) mass is 327 g/mol. The van der Waals surface area contributed by atoms with E-state index in [4.69, 9.17) is 10.2 Å². The third kappa shape index (κ3) is 9.10. The molecule has 0 aromatic rings. The molecule has 0 heterocycles. The van der Waals surface area contributed by atoms with E-state index in [1.807, 2.05) is 25.8 Å². The molecule has 0 fully saturated rings. The molecule has 1 atom stereocenters. The predicted molar refractivity (Wildman–Crippen MR) is 94.6 cm³/mol. The predicted octanol–water partition coefficient (Wildman–Crippen LogP) is 2.26. The van der Waals surface area contributed by atoms with Gasteiger partial charge in [-0.15, -0.1) is 0 Å². The lowest BCUT2D eigenvalue weighted by Gasteiger charge is -2.18. The lowest BCUT2D eigenvalue weighted by Crippen LogP contribution is -2.33. The highest BCUT2D eigenvalue weighted by molar-refractivity contribution is 6.06. The summed E-state index contributed by atoms with van der Waals surface area (Å²) in [6.07, 6.45) is 0.552. The van der Waals surface area contributed by atoms with Gasteiger partial charge in [-0.1, -0.05) is 6.92 Å². The summed E-state index contributed by atoms with van der Waals surface area (Å²) >= 11 is 0. The van der Waals surface area contributed by atoms with Crippen LogP contribution in [0.25, 0.3) is 0 Å². The van der Waals surface area contributed by atoms with Gasteiger partial charge in [0.15, 0.2) is 0 Å². The molecule has 7 heteroatoms. The number of nitrogens with one attached hydrogen (secondary N) is 3. The van der Waals surface area contributed by atoms with Gasteiger partial charge in [-0.05, 0) is 41.1 Å². The maximum absolute atomic E-state index is 13.9. The summed E-state index contributed by atoms with van der Waals surface area (Å²) < 4.78 is 13.9. The van der Waals surface area contributed by atoms with Gasteiger partial charge >= 0.3 is 0 Å². The van der Waals surface area contributed by atoms with Crippen molar-refractivity contribution < 1.29 is 9.23 Å². The summed E-state index contributed by atoms with van der Waals surface area (Å²) in [7, 11) is 1.87. The number of aliphatic imine (C=N–C) groups is 1. The van der Waals surface area contributed by atoms with Crippen molar-refractivity contribution in [1.29, 1.82) is 5.41 Å². The van der Waals surface area contributed by atoms with Crippen LogP contribution in [0, 0.1) is 5.41 Å². The molecule has 0 unspecified atom stereocenters. The molecule has 0 aliphatic heterocycles. The summed E-state index contributed by atoms with van der Waals surface area (Å²) in [6.45, 7) is 12.8. The number of hydrogen-bond acceptors (Lipinski definition) is 6. The minimum absolute atomic E-state index is 0.125. The van der Waals surface area contributed by atoms with Crippen LogP contribution in [0.4, 0.5) is 4.39 Å². The highest BCUT2D eigenvalue weighted by atomic mass is 19.1. The molecule has 0 aliphatic rings. The number of rotatable bonds is 12. The second-order valence-electron chi connectivity index (χ2n) is 5.23. The maximum atomic E-state index is 13.9. The smallest absolute Gasteiger partial charge is 0.130 e. The van der Waals surface area contributed by atoms with Crippen molar-refractivity contribution in [1.82, 2.24) is 15.7 Å². The molecule has 0 rings (SSSR count). The molecule has 0 aliphatic carbocycles. The Hall–Kier alpha value is -1.73. The number of hydrogen-bond donors (Lipinski definition) is 3. The Morgan fingerprint density at radius 1 is 1.43 bits per heavy atom. The molecule has 0 bridgehead atoms.